The van der Waals surface area contributed by atoms with E-state index < -0.39 is 0 Å². The molecule has 2 atom stereocenters. The monoisotopic (exact) mass is 254 g/mol. The predicted molar refractivity (Wildman–Crippen MR) is 63.1 cm³/mol. The third kappa shape index (κ3) is 3.01. The van der Waals surface area contributed by atoms with E-state index in [-0.39, 0.29) is 24.5 Å². The van der Waals surface area contributed by atoms with Gasteiger partial charge in [0.15, 0.2) is 6.61 Å². The molecule has 1 fully saturated rings. The van der Waals surface area contributed by atoms with Gasteiger partial charge in [-0.2, -0.15) is 0 Å². The maximum absolute atomic E-state index is 11.9. The third-order valence-corrected chi connectivity index (χ3v) is 3.16. The van der Waals surface area contributed by atoms with Gasteiger partial charge in [-0.15, -0.1) is 0 Å². The minimum atomic E-state index is -0.312. The van der Waals surface area contributed by atoms with E-state index in [4.69, 9.17) is 9.26 Å². The molecule has 100 valence electrons. The molecular formula is C12H18N2O4. The third-order valence-electron chi connectivity index (χ3n) is 3.16. The summed E-state index contributed by atoms with van der Waals surface area (Å²) in [6.45, 7) is 4.79. The quantitative estimate of drug-likeness (QED) is 0.854. The van der Waals surface area contributed by atoms with Crippen molar-refractivity contribution in [3.63, 3.8) is 0 Å². The molecule has 1 N–H and O–H groups in total. The minimum absolute atomic E-state index is 0.0468. The lowest BCUT2D eigenvalue weighted by Gasteiger charge is -2.34. The maximum Gasteiger partial charge on any atom is 0.260 e. The van der Waals surface area contributed by atoms with Crippen molar-refractivity contribution in [1.82, 2.24) is 10.1 Å². The number of ether oxygens (including phenoxy) is 1. The topological polar surface area (TPSA) is 75.8 Å². The van der Waals surface area contributed by atoms with Crippen LogP contribution in [-0.4, -0.2) is 46.9 Å². The second-order valence-electron chi connectivity index (χ2n) is 4.74. The van der Waals surface area contributed by atoms with Crippen molar-refractivity contribution in [1.29, 1.82) is 0 Å². The van der Waals surface area contributed by atoms with Gasteiger partial charge >= 0.3 is 0 Å². The number of carbonyl (C=O) groups excluding carboxylic acids is 1. The van der Waals surface area contributed by atoms with Gasteiger partial charge in [-0.25, -0.2) is 0 Å². The molecule has 1 aliphatic heterocycles. The van der Waals surface area contributed by atoms with E-state index in [0.29, 0.717) is 31.2 Å². The van der Waals surface area contributed by atoms with Gasteiger partial charge in [0.2, 0.25) is 0 Å². The standard InChI is InChI=1S/C12H18N2O4/c1-8-6-14(4-3-10(8)15)12(16)7-17-11-5-9(2)18-13-11/h5,8,10,15H,3-4,6-7H2,1-2H3. The van der Waals surface area contributed by atoms with Crippen molar-refractivity contribution in [3.05, 3.63) is 11.8 Å². The summed E-state index contributed by atoms with van der Waals surface area (Å²) in [5.74, 6) is 0.990. The van der Waals surface area contributed by atoms with E-state index in [1.54, 1.807) is 17.9 Å². The predicted octanol–water partition coefficient (Wildman–Crippen LogP) is 0.591. The zero-order chi connectivity index (χ0) is 13.1. The Morgan fingerprint density at radius 1 is 1.72 bits per heavy atom. The molecule has 6 heteroatoms. The van der Waals surface area contributed by atoms with Crippen LogP contribution in [0.4, 0.5) is 0 Å². The summed E-state index contributed by atoms with van der Waals surface area (Å²) in [7, 11) is 0. The molecule has 2 rings (SSSR count). The molecule has 0 bridgehead atoms. The lowest BCUT2D eigenvalue weighted by Crippen LogP contribution is -2.46. The smallest absolute Gasteiger partial charge is 0.260 e. The van der Waals surface area contributed by atoms with Crippen molar-refractivity contribution >= 4 is 5.91 Å². The highest BCUT2D eigenvalue weighted by molar-refractivity contribution is 5.77. The number of carbonyl (C=O) groups is 1. The summed E-state index contributed by atoms with van der Waals surface area (Å²) in [5.41, 5.74) is 0. The van der Waals surface area contributed by atoms with E-state index in [0.717, 1.165) is 0 Å². The molecule has 1 saturated heterocycles. The lowest BCUT2D eigenvalue weighted by molar-refractivity contribution is -0.137. The average Bonchev–Trinajstić information content (AvgIpc) is 2.75. The second-order valence-corrected chi connectivity index (χ2v) is 4.74. The first-order valence-corrected chi connectivity index (χ1v) is 6.08. The van der Waals surface area contributed by atoms with Crippen LogP contribution in [0.15, 0.2) is 10.6 Å². The van der Waals surface area contributed by atoms with Gasteiger partial charge in [0.05, 0.1) is 6.10 Å². The Bertz CT molecular complexity index is 418. The molecule has 1 aliphatic rings. The second kappa shape index (κ2) is 5.39. The Morgan fingerprint density at radius 3 is 3.11 bits per heavy atom. The Balaban J connectivity index is 1.81. The van der Waals surface area contributed by atoms with E-state index >= 15 is 0 Å². The number of rotatable bonds is 3. The van der Waals surface area contributed by atoms with Crippen LogP contribution < -0.4 is 4.74 Å². The number of aliphatic hydroxyl groups is 1. The van der Waals surface area contributed by atoms with Crippen LogP contribution >= 0.6 is 0 Å². The Morgan fingerprint density at radius 2 is 2.50 bits per heavy atom. The normalized spacial score (nSPS) is 24.1. The lowest BCUT2D eigenvalue weighted by atomic mass is 9.97. The van der Waals surface area contributed by atoms with Gasteiger partial charge in [-0.3, -0.25) is 4.79 Å². The van der Waals surface area contributed by atoms with E-state index in [1.165, 1.54) is 0 Å². The van der Waals surface area contributed by atoms with E-state index in [1.807, 2.05) is 6.92 Å². The molecule has 0 spiro atoms. The van der Waals surface area contributed by atoms with Crippen LogP contribution in [0.1, 0.15) is 19.1 Å². The largest absolute Gasteiger partial charge is 0.465 e. The van der Waals surface area contributed by atoms with Gasteiger partial charge in [-0.05, 0) is 24.4 Å². The molecule has 0 saturated carbocycles. The molecular weight excluding hydrogens is 236 g/mol. The molecule has 2 heterocycles. The Hall–Kier alpha value is -1.56. The number of amides is 1. The van der Waals surface area contributed by atoms with Gasteiger partial charge in [-0.1, -0.05) is 6.92 Å². The van der Waals surface area contributed by atoms with Gasteiger partial charge < -0.3 is 19.3 Å². The molecule has 1 aromatic rings. The van der Waals surface area contributed by atoms with Crippen molar-refractivity contribution in [3.8, 4) is 5.88 Å². The number of aromatic nitrogens is 1. The maximum atomic E-state index is 11.9. The van der Waals surface area contributed by atoms with Crippen molar-refractivity contribution < 1.29 is 19.2 Å². The first kappa shape index (κ1) is 12.9. The van der Waals surface area contributed by atoms with Gasteiger partial charge in [0.1, 0.15) is 5.76 Å². The molecule has 1 amide bonds. The van der Waals surface area contributed by atoms with Crippen LogP contribution in [0.3, 0.4) is 0 Å². The van der Waals surface area contributed by atoms with Crippen LogP contribution in [0.5, 0.6) is 5.88 Å². The minimum Gasteiger partial charge on any atom is -0.465 e. The summed E-state index contributed by atoms with van der Waals surface area (Å²) < 4.78 is 10.1. The first-order chi connectivity index (χ1) is 8.56. The fourth-order valence-electron chi connectivity index (χ4n) is 2.00. The average molecular weight is 254 g/mol. The van der Waals surface area contributed by atoms with Crippen LogP contribution in [0.2, 0.25) is 0 Å². The number of nitrogens with zero attached hydrogens (tertiary/aromatic N) is 2. The molecule has 0 aromatic carbocycles. The highest BCUT2D eigenvalue weighted by Crippen LogP contribution is 2.17. The van der Waals surface area contributed by atoms with Crippen LogP contribution in [0.25, 0.3) is 0 Å². The van der Waals surface area contributed by atoms with Crippen LogP contribution in [0, 0.1) is 12.8 Å². The zero-order valence-corrected chi connectivity index (χ0v) is 10.6. The molecule has 0 radical (unpaired) electrons. The number of piperidine rings is 1. The number of hydrogen-bond donors (Lipinski definition) is 1. The highest BCUT2D eigenvalue weighted by atomic mass is 16.5. The molecule has 2 unspecified atom stereocenters. The van der Waals surface area contributed by atoms with Gasteiger partial charge in [0.25, 0.3) is 11.8 Å². The van der Waals surface area contributed by atoms with Crippen molar-refractivity contribution in [2.45, 2.75) is 26.4 Å². The summed E-state index contributed by atoms with van der Waals surface area (Å²) in [4.78, 5) is 13.6. The molecule has 6 nitrogen and oxygen atoms in total. The van der Waals surface area contributed by atoms with Crippen molar-refractivity contribution in [2.75, 3.05) is 19.7 Å². The van der Waals surface area contributed by atoms with Crippen LogP contribution in [-0.2, 0) is 4.79 Å². The van der Waals surface area contributed by atoms with Crippen molar-refractivity contribution in [2.24, 2.45) is 5.92 Å². The number of hydrogen-bond acceptors (Lipinski definition) is 5. The molecule has 0 aliphatic carbocycles. The molecule has 18 heavy (non-hydrogen) atoms. The SMILES string of the molecule is Cc1cc(OCC(=O)N2CCC(O)C(C)C2)no1. The fraction of sp³-hybridized carbons (Fsp3) is 0.667. The number of aliphatic hydroxyl groups excluding tert-OH is 1. The summed E-state index contributed by atoms with van der Waals surface area (Å²) in [6.07, 6.45) is 0.309. The highest BCUT2D eigenvalue weighted by Gasteiger charge is 2.27. The zero-order valence-electron chi connectivity index (χ0n) is 10.6. The Labute approximate surface area is 106 Å². The molecule has 1 aromatic heterocycles. The fourth-order valence-corrected chi connectivity index (χ4v) is 2.00. The number of likely N-dealkylation sites (tertiary alicyclic amines) is 1. The summed E-state index contributed by atoms with van der Waals surface area (Å²) in [5, 5.41) is 13.2. The van der Waals surface area contributed by atoms with E-state index in [2.05, 4.69) is 5.16 Å². The van der Waals surface area contributed by atoms with E-state index in [9.17, 15) is 9.90 Å². The summed E-state index contributed by atoms with van der Waals surface area (Å²) >= 11 is 0. The van der Waals surface area contributed by atoms with Gasteiger partial charge in [0, 0.05) is 19.2 Å². The number of aryl methyl sites for hydroxylation is 1. The Kier molecular flexibility index (Phi) is 3.86. The summed E-state index contributed by atoms with van der Waals surface area (Å²) in [6, 6.07) is 1.63. The first-order valence-electron chi connectivity index (χ1n) is 6.08.